The molecule has 0 rings (SSSR count). The zero-order valence-corrected chi connectivity index (χ0v) is 62.9. The van der Waals surface area contributed by atoms with Gasteiger partial charge in [-0.25, -0.2) is 9.13 Å². The van der Waals surface area contributed by atoms with Crippen LogP contribution < -0.4 is 0 Å². The lowest BCUT2D eigenvalue weighted by Crippen LogP contribution is -2.30. The van der Waals surface area contributed by atoms with Crippen molar-refractivity contribution in [2.75, 3.05) is 39.6 Å². The third kappa shape index (κ3) is 69.8. The molecule has 0 fully saturated rings. The number of unbranched alkanes of at least 4 members (excludes halogenated alkanes) is 46. The second-order valence-electron chi connectivity index (χ2n) is 26.7. The quantitative estimate of drug-likeness (QED) is 0.0169. The largest absolute Gasteiger partial charge is 0.472 e. The molecule has 0 heterocycles. The van der Waals surface area contributed by atoms with Gasteiger partial charge in [0, 0.05) is 25.7 Å². The van der Waals surface area contributed by atoms with Crippen LogP contribution in [0.2, 0.25) is 0 Å². The Morgan fingerprint density at radius 1 is 0.295 bits per heavy atom. The molecule has 17 nitrogen and oxygen atoms in total. The summed E-state index contributed by atoms with van der Waals surface area (Å²) in [5, 5.41) is 10.6. The van der Waals surface area contributed by atoms with E-state index in [0.717, 1.165) is 103 Å². The lowest BCUT2D eigenvalue weighted by molar-refractivity contribution is -0.161. The van der Waals surface area contributed by atoms with E-state index in [1.807, 2.05) is 0 Å². The molecule has 0 saturated carbocycles. The van der Waals surface area contributed by atoms with Crippen LogP contribution in [0.25, 0.3) is 0 Å². The Morgan fingerprint density at radius 3 is 0.768 bits per heavy atom. The van der Waals surface area contributed by atoms with Crippen molar-refractivity contribution in [1.82, 2.24) is 0 Å². The summed E-state index contributed by atoms with van der Waals surface area (Å²) in [5.74, 6) is -2.14. The number of hydrogen-bond donors (Lipinski definition) is 3. The van der Waals surface area contributed by atoms with Gasteiger partial charge in [-0.3, -0.25) is 37.3 Å². The number of aliphatic hydroxyl groups excluding tert-OH is 1. The third-order valence-corrected chi connectivity index (χ3v) is 19.1. The fourth-order valence-electron chi connectivity index (χ4n) is 11.2. The summed E-state index contributed by atoms with van der Waals surface area (Å²) >= 11 is 0. The Kier molecular flexibility index (Phi) is 68.2. The number of aliphatic hydroxyl groups is 1. The van der Waals surface area contributed by atoms with E-state index < -0.39 is 97.5 Å². The fraction of sp³-hybridized carbons (Fsp3) is 0.895. The van der Waals surface area contributed by atoms with Gasteiger partial charge in [-0.1, -0.05) is 328 Å². The number of phosphoric ester groups is 2. The maximum Gasteiger partial charge on any atom is 0.472 e. The number of carbonyl (C=O) groups is 4. The predicted molar refractivity (Wildman–Crippen MR) is 386 cm³/mol. The highest BCUT2D eigenvalue weighted by Crippen LogP contribution is 2.45. The molecule has 0 aromatic heterocycles. The lowest BCUT2D eigenvalue weighted by Gasteiger charge is -2.21. The van der Waals surface area contributed by atoms with Gasteiger partial charge >= 0.3 is 39.5 Å². The van der Waals surface area contributed by atoms with Crippen molar-refractivity contribution in [2.45, 2.75) is 399 Å². The Bertz CT molecular complexity index is 1900. The van der Waals surface area contributed by atoms with Crippen molar-refractivity contribution in [3.8, 4) is 0 Å². The van der Waals surface area contributed by atoms with Crippen LogP contribution in [0.5, 0.6) is 0 Å². The van der Waals surface area contributed by atoms with Crippen molar-refractivity contribution in [3.63, 3.8) is 0 Å². The van der Waals surface area contributed by atoms with E-state index in [-0.39, 0.29) is 25.7 Å². The summed E-state index contributed by atoms with van der Waals surface area (Å²) < 4.78 is 68.5. The molecule has 5 atom stereocenters. The zero-order valence-electron chi connectivity index (χ0n) is 61.1. The molecule has 0 bridgehead atoms. The van der Waals surface area contributed by atoms with E-state index in [4.69, 9.17) is 37.0 Å². The highest BCUT2D eigenvalue weighted by atomic mass is 31.2. The normalized spacial score (nSPS) is 14.1. The van der Waals surface area contributed by atoms with Crippen LogP contribution >= 0.6 is 15.6 Å². The van der Waals surface area contributed by atoms with Gasteiger partial charge in [0.1, 0.15) is 19.3 Å². The van der Waals surface area contributed by atoms with E-state index in [1.165, 1.54) is 199 Å². The van der Waals surface area contributed by atoms with E-state index in [2.05, 4.69) is 52.0 Å². The van der Waals surface area contributed by atoms with Crippen LogP contribution in [0, 0.1) is 0 Å². The highest BCUT2D eigenvalue weighted by molar-refractivity contribution is 7.47. The molecule has 95 heavy (non-hydrogen) atoms. The molecule has 0 saturated heterocycles. The molecule has 3 N–H and O–H groups in total. The van der Waals surface area contributed by atoms with Crippen LogP contribution in [0.1, 0.15) is 381 Å². The van der Waals surface area contributed by atoms with Crippen LogP contribution in [-0.2, 0) is 65.4 Å². The molecule has 0 aromatic carbocycles. The smallest absolute Gasteiger partial charge is 0.462 e. The van der Waals surface area contributed by atoms with E-state index in [9.17, 15) is 43.2 Å². The average Bonchev–Trinajstić information content (AvgIpc) is 3.01. The summed E-state index contributed by atoms with van der Waals surface area (Å²) in [6.45, 7) is 4.93. The van der Waals surface area contributed by atoms with Gasteiger partial charge in [0.05, 0.1) is 26.4 Å². The summed E-state index contributed by atoms with van der Waals surface area (Å²) in [5.41, 5.74) is 0. The minimum atomic E-state index is -4.96. The average molecular weight is 1390 g/mol. The summed E-state index contributed by atoms with van der Waals surface area (Å²) in [6, 6.07) is 0. The van der Waals surface area contributed by atoms with Gasteiger partial charge in [0.25, 0.3) is 0 Å². The number of carbonyl (C=O) groups excluding carboxylic acids is 4. The van der Waals surface area contributed by atoms with Crippen LogP contribution in [-0.4, -0.2) is 96.7 Å². The molecule has 0 spiro atoms. The van der Waals surface area contributed by atoms with Gasteiger partial charge in [-0.05, 0) is 51.4 Å². The molecule has 0 aliphatic rings. The van der Waals surface area contributed by atoms with Crippen molar-refractivity contribution in [2.24, 2.45) is 0 Å². The SMILES string of the molecule is CCCCCC/C=C\C=C/CCCCCCCC(=O)O[C@H](COC(=O)CCCCCCCCCCCCCCCC)COP(=O)(O)OC[C@@H](O)COP(=O)(O)OC[C@@H](COC(=O)CCCCCCCCCCCCCC)OC(=O)CCCCCCCCCCCCCCCC. The molecule has 0 radical (unpaired) electrons. The van der Waals surface area contributed by atoms with Crippen LogP contribution in [0.3, 0.4) is 0 Å². The molecule has 2 unspecified atom stereocenters. The summed E-state index contributed by atoms with van der Waals surface area (Å²) in [7, 11) is -9.92. The van der Waals surface area contributed by atoms with Crippen LogP contribution in [0.4, 0.5) is 0 Å². The number of allylic oxidation sites excluding steroid dienone is 4. The van der Waals surface area contributed by atoms with Crippen molar-refractivity contribution in [3.05, 3.63) is 24.3 Å². The number of rotatable bonds is 75. The van der Waals surface area contributed by atoms with E-state index >= 15 is 0 Å². The summed E-state index contributed by atoms with van der Waals surface area (Å²) in [6.07, 6.45) is 63.0. The first-order valence-electron chi connectivity index (χ1n) is 39.1. The number of phosphoric acid groups is 2. The summed E-state index contributed by atoms with van der Waals surface area (Å²) in [4.78, 5) is 72.8. The van der Waals surface area contributed by atoms with Crippen molar-refractivity contribution >= 4 is 39.5 Å². The molecule has 0 aliphatic carbocycles. The Labute approximate surface area is 580 Å². The van der Waals surface area contributed by atoms with E-state index in [1.54, 1.807) is 0 Å². The number of hydrogen-bond acceptors (Lipinski definition) is 15. The minimum absolute atomic E-state index is 0.0860. The first-order chi connectivity index (χ1) is 46.2. The topological polar surface area (TPSA) is 237 Å². The molecular weight excluding hydrogens is 1250 g/mol. The molecule has 19 heteroatoms. The Hall–Kier alpha value is -2.46. The monoisotopic (exact) mass is 1390 g/mol. The van der Waals surface area contributed by atoms with Crippen molar-refractivity contribution < 1.29 is 80.2 Å². The first-order valence-corrected chi connectivity index (χ1v) is 42.1. The predicted octanol–water partition coefficient (Wildman–Crippen LogP) is 22.2. The molecular formula is C76H144O17P2. The second-order valence-corrected chi connectivity index (χ2v) is 29.6. The standard InChI is InChI=1S/C76H144O17P2/c1-5-9-13-17-21-25-29-33-36-39-43-47-51-55-59-63-76(81)93-72(67-87-74(79)61-57-53-49-45-41-37-34-30-26-22-18-14-10-6-2)69-91-95(84,85)89-65-70(77)64-88-94(82,83)90-68-71(66-86-73(78)60-56-52-48-44-40-32-28-24-20-16-12-8-4)92-75(80)62-58-54-50-46-42-38-35-31-27-23-19-15-11-7-3/h25,29,33,36,70-72,77H,5-24,26-28,30-32,34-35,37-69H2,1-4H3,(H,82,83)(H,84,85)/b29-25-,36-33-/t70-,71+,72+/m0/s1. The maximum absolute atomic E-state index is 13.1. The minimum Gasteiger partial charge on any atom is -0.462 e. The Morgan fingerprint density at radius 2 is 0.505 bits per heavy atom. The Balaban J connectivity index is 5.30. The molecule has 0 aromatic rings. The van der Waals surface area contributed by atoms with Gasteiger partial charge < -0.3 is 33.8 Å². The van der Waals surface area contributed by atoms with Gasteiger partial charge in [-0.15, -0.1) is 0 Å². The van der Waals surface area contributed by atoms with Gasteiger partial charge in [0.2, 0.25) is 0 Å². The van der Waals surface area contributed by atoms with Gasteiger partial charge in [0.15, 0.2) is 12.2 Å². The highest BCUT2D eigenvalue weighted by Gasteiger charge is 2.30. The second kappa shape index (κ2) is 70.0. The number of esters is 4. The van der Waals surface area contributed by atoms with Crippen molar-refractivity contribution in [1.29, 1.82) is 0 Å². The van der Waals surface area contributed by atoms with Crippen LogP contribution in [0.15, 0.2) is 24.3 Å². The fourth-order valence-corrected chi connectivity index (χ4v) is 12.8. The third-order valence-electron chi connectivity index (χ3n) is 17.2. The zero-order chi connectivity index (χ0) is 69.7. The lowest BCUT2D eigenvalue weighted by atomic mass is 10.0. The number of ether oxygens (including phenoxy) is 4. The molecule has 0 aliphatic heterocycles. The van der Waals surface area contributed by atoms with Gasteiger partial charge in [-0.2, -0.15) is 0 Å². The molecule has 0 amide bonds. The maximum atomic E-state index is 13.1. The first kappa shape index (κ1) is 92.5. The van der Waals surface area contributed by atoms with E-state index in [0.29, 0.717) is 25.7 Å². The molecule has 560 valence electrons.